The monoisotopic (exact) mass is 298 g/mol. The van der Waals surface area contributed by atoms with Crippen molar-refractivity contribution in [2.75, 3.05) is 13.1 Å². The van der Waals surface area contributed by atoms with Gasteiger partial charge in [-0.2, -0.15) is 0 Å². The van der Waals surface area contributed by atoms with Gasteiger partial charge in [-0.05, 0) is 12.0 Å². The predicted octanol–water partition coefficient (Wildman–Crippen LogP) is 3.06. The Morgan fingerprint density at radius 1 is 1.36 bits per heavy atom. The van der Waals surface area contributed by atoms with Gasteiger partial charge in [0.1, 0.15) is 0 Å². The molecule has 116 valence electrons. The van der Waals surface area contributed by atoms with Gasteiger partial charge in [-0.3, -0.25) is 9.69 Å². The number of nitrogens with zero attached hydrogens (tertiary/aromatic N) is 2. The zero-order chi connectivity index (χ0) is 16.3. The smallest absolute Gasteiger partial charge is 0.311 e. The fourth-order valence-corrected chi connectivity index (χ4v) is 2.53. The standard InChI is InChI=1S/C18H22N2O2/c1-5-12-19-13-15(14-10-8-7-9-11-14)20(17(19)22)16(21)18(3,4)6-2/h1,7-11,15H,6,12-13H2,2-4H3/t15-/m0/s1. The van der Waals surface area contributed by atoms with Crippen LogP contribution in [0, 0.1) is 17.8 Å². The Kier molecular flexibility index (Phi) is 4.56. The van der Waals surface area contributed by atoms with Crippen molar-refractivity contribution in [2.24, 2.45) is 5.41 Å². The lowest BCUT2D eigenvalue weighted by Crippen LogP contribution is -2.44. The number of hydrogen-bond acceptors (Lipinski definition) is 2. The van der Waals surface area contributed by atoms with E-state index in [0.29, 0.717) is 13.0 Å². The summed E-state index contributed by atoms with van der Waals surface area (Å²) in [6.07, 6.45) is 6.01. The highest BCUT2D eigenvalue weighted by atomic mass is 16.2. The molecule has 0 unspecified atom stereocenters. The van der Waals surface area contributed by atoms with Crippen LogP contribution in [0.5, 0.6) is 0 Å². The normalized spacial score (nSPS) is 18.5. The highest BCUT2D eigenvalue weighted by molar-refractivity contribution is 5.99. The highest BCUT2D eigenvalue weighted by Gasteiger charge is 2.45. The molecular formula is C18H22N2O2. The molecule has 0 N–H and O–H groups in total. The predicted molar refractivity (Wildman–Crippen MR) is 85.9 cm³/mol. The fourth-order valence-electron chi connectivity index (χ4n) is 2.53. The number of terminal acetylenes is 1. The maximum atomic E-state index is 12.9. The molecule has 0 bridgehead atoms. The second kappa shape index (κ2) is 6.23. The quantitative estimate of drug-likeness (QED) is 0.802. The van der Waals surface area contributed by atoms with Crippen molar-refractivity contribution >= 4 is 11.9 Å². The lowest BCUT2D eigenvalue weighted by Gasteiger charge is -2.30. The minimum absolute atomic E-state index is 0.145. The topological polar surface area (TPSA) is 40.6 Å². The van der Waals surface area contributed by atoms with Crippen LogP contribution in [0.15, 0.2) is 30.3 Å². The Labute approximate surface area is 132 Å². The average molecular weight is 298 g/mol. The van der Waals surface area contributed by atoms with Crippen molar-refractivity contribution < 1.29 is 9.59 Å². The third kappa shape index (κ3) is 2.85. The van der Waals surface area contributed by atoms with Gasteiger partial charge >= 0.3 is 6.03 Å². The van der Waals surface area contributed by atoms with Crippen LogP contribution < -0.4 is 0 Å². The summed E-state index contributed by atoms with van der Waals surface area (Å²) >= 11 is 0. The molecule has 3 amide bonds. The van der Waals surface area contributed by atoms with E-state index in [2.05, 4.69) is 5.92 Å². The lowest BCUT2D eigenvalue weighted by molar-refractivity contribution is -0.138. The number of hydrogen-bond donors (Lipinski definition) is 0. The van der Waals surface area contributed by atoms with E-state index in [4.69, 9.17) is 6.42 Å². The van der Waals surface area contributed by atoms with Gasteiger partial charge in [0.25, 0.3) is 0 Å². The summed E-state index contributed by atoms with van der Waals surface area (Å²) in [6.45, 7) is 6.36. The lowest BCUT2D eigenvalue weighted by atomic mass is 9.88. The minimum atomic E-state index is -0.575. The number of carbonyl (C=O) groups excluding carboxylic acids is 2. The third-order valence-electron chi connectivity index (χ3n) is 4.33. The van der Waals surface area contributed by atoms with Crippen LogP contribution in [0.1, 0.15) is 38.8 Å². The highest BCUT2D eigenvalue weighted by Crippen LogP contribution is 2.34. The molecule has 0 aliphatic carbocycles. The zero-order valence-electron chi connectivity index (χ0n) is 13.4. The number of imide groups is 1. The molecule has 4 heteroatoms. The molecular weight excluding hydrogens is 276 g/mol. The van der Waals surface area contributed by atoms with Crippen LogP contribution in [0.2, 0.25) is 0 Å². The van der Waals surface area contributed by atoms with Crippen molar-refractivity contribution in [3.8, 4) is 12.3 Å². The van der Waals surface area contributed by atoms with E-state index in [1.807, 2.05) is 51.1 Å². The number of carbonyl (C=O) groups is 2. The summed E-state index contributed by atoms with van der Waals surface area (Å²) in [5.41, 5.74) is 0.380. The molecule has 0 aromatic heterocycles. The average Bonchev–Trinajstić information content (AvgIpc) is 2.84. The van der Waals surface area contributed by atoms with Gasteiger partial charge in [-0.15, -0.1) is 6.42 Å². The largest absolute Gasteiger partial charge is 0.328 e. The molecule has 1 atom stereocenters. The molecule has 4 nitrogen and oxygen atoms in total. The molecule has 1 aliphatic heterocycles. The molecule has 1 saturated heterocycles. The van der Waals surface area contributed by atoms with E-state index in [9.17, 15) is 9.59 Å². The van der Waals surface area contributed by atoms with Crippen LogP contribution in [0.3, 0.4) is 0 Å². The Morgan fingerprint density at radius 2 is 2.00 bits per heavy atom. The second-order valence-electron chi connectivity index (χ2n) is 6.21. The van der Waals surface area contributed by atoms with E-state index >= 15 is 0 Å². The molecule has 0 spiro atoms. The second-order valence-corrected chi connectivity index (χ2v) is 6.21. The van der Waals surface area contributed by atoms with Gasteiger partial charge in [0.05, 0.1) is 12.6 Å². The first-order valence-corrected chi connectivity index (χ1v) is 7.53. The molecule has 1 aromatic carbocycles. The van der Waals surface area contributed by atoms with E-state index in [1.165, 1.54) is 4.90 Å². The van der Waals surface area contributed by atoms with Gasteiger partial charge < -0.3 is 4.90 Å². The van der Waals surface area contributed by atoms with E-state index in [0.717, 1.165) is 5.56 Å². The van der Waals surface area contributed by atoms with E-state index in [1.54, 1.807) is 4.90 Å². The summed E-state index contributed by atoms with van der Waals surface area (Å²) in [4.78, 5) is 28.4. The number of benzene rings is 1. The summed E-state index contributed by atoms with van der Waals surface area (Å²) in [5, 5.41) is 0. The molecule has 1 aliphatic rings. The van der Waals surface area contributed by atoms with E-state index < -0.39 is 5.41 Å². The van der Waals surface area contributed by atoms with Crippen LogP contribution in [-0.4, -0.2) is 34.8 Å². The van der Waals surface area contributed by atoms with Gasteiger partial charge in [0, 0.05) is 12.0 Å². The number of amides is 3. The summed E-state index contributed by atoms with van der Waals surface area (Å²) in [7, 11) is 0. The maximum absolute atomic E-state index is 12.9. The SMILES string of the molecule is C#CCN1C[C@@H](c2ccccc2)N(C(=O)C(C)(C)CC)C1=O. The van der Waals surface area contributed by atoms with Crippen LogP contribution in [0.4, 0.5) is 4.79 Å². The molecule has 22 heavy (non-hydrogen) atoms. The van der Waals surface area contributed by atoms with Gasteiger partial charge in [0.15, 0.2) is 0 Å². The number of rotatable bonds is 4. The van der Waals surface area contributed by atoms with Crippen molar-refractivity contribution in [1.82, 2.24) is 9.80 Å². The first-order chi connectivity index (χ1) is 10.4. The molecule has 0 radical (unpaired) electrons. The fraction of sp³-hybridized carbons (Fsp3) is 0.444. The van der Waals surface area contributed by atoms with E-state index in [-0.39, 0.29) is 24.5 Å². The molecule has 1 heterocycles. The summed E-state index contributed by atoms with van der Waals surface area (Å²) in [6, 6.07) is 9.06. The molecule has 0 saturated carbocycles. The Balaban J connectivity index is 2.39. The first kappa shape index (κ1) is 16.1. The molecule has 2 rings (SSSR count). The van der Waals surface area contributed by atoms with Crippen molar-refractivity contribution in [2.45, 2.75) is 33.2 Å². The van der Waals surface area contributed by atoms with Crippen molar-refractivity contribution in [1.29, 1.82) is 0 Å². The van der Waals surface area contributed by atoms with Crippen LogP contribution >= 0.6 is 0 Å². The van der Waals surface area contributed by atoms with Crippen molar-refractivity contribution in [3.05, 3.63) is 35.9 Å². The van der Waals surface area contributed by atoms with Crippen LogP contribution in [-0.2, 0) is 4.79 Å². The summed E-state index contributed by atoms with van der Waals surface area (Å²) < 4.78 is 0. The van der Waals surface area contributed by atoms with Gasteiger partial charge in [-0.1, -0.05) is 57.0 Å². The Hall–Kier alpha value is -2.28. The third-order valence-corrected chi connectivity index (χ3v) is 4.33. The van der Waals surface area contributed by atoms with Gasteiger partial charge in [0.2, 0.25) is 5.91 Å². The minimum Gasteiger partial charge on any atom is -0.311 e. The first-order valence-electron chi connectivity index (χ1n) is 7.53. The zero-order valence-corrected chi connectivity index (χ0v) is 13.4. The van der Waals surface area contributed by atoms with Crippen molar-refractivity contribution in [3.63, 3.8) is 0 Å². The number of urea groups is 1. The maximum Gasteiger partial charge on any atom is 0.328 e. The van der Waals surface area contributed by atoms with Gasteiger partial charge in [-0.25, -0.2) is 4.79 Å². The van der Waals surface area contributed by atoms with Crippen LogP contribution in [0.25, 0.3) is 0 Å². The Morgan fingerprint density at radius 3 is 2.55 bits per heavy atom. The summed E-state index contributed by atoms with van der Waals surface area (Å²) in [5.74, 6) is 2.35. The Bertz CT molecular complexity index is 601. The molecule has 1 fully saturated rings. The molecule has 1 aromatic rings.